The smallest absolute Gasteiger partial charge is 0.288 e. The zero-order valence-corrected chi connectivity index (χ0v) is 12.9. The van der Waals surface area contributed by atoms with Crippen LogP contribution in [0.15, 0.2) is 4.99 Å². The summed E-state index contributed by atoms with van der Waals surface area (Å²) < 4.78 is 10.6. The van der Waals surface area contributed by atoms with Crippen molar-refractivity contribution in [1.82, 2.24) is 5.32 Å². The Morgan fingerprint density at radius 1 is 0.800 bits per heavy atom. The van der Waals surface area contributed by atoms with Crippen molar-refractivity contribution in [2.45, 2.75) is 67.2 Å². The lowest BCUT2D eigenvalue weighted by Gasteiger charge is -2.42. The number of nitrogens with zero attached hydrogens (tertiary/aromatic N) is 1. The largest absolute Gasteiger partial charge is 0.454 e. The molecule has 3 aliphatic rings. The Morgan fingerprint density at radius 2 is 1.36 bits per heavy atom. The summed E-state index contributed by atoms with van der Waals surface area (Å²) in [5.74, 6) is 0. The molecule has 2 heterocycles. The summed E-state index contributed by atoms with van der Waals surface area (Å²) in [6, 6.07) is -1.60. The lowest BCUT2D eigenvalue weighted by atomic mass is 9.83. The van der Waals surface area contributed by atoms with Crippen molar-refractivity contribution in [1.29, 1.82) is 0 Å². The Bertz CT molecular complexity index is 505. The highest BCUT2D eigenvalue weighted by Gasteiger charge is 2.52. The fourth-order valence-corrected chi connectivity index (χ4v) is 3.20. The van der Waals surface area contributed by atoms with Crippen LogP contribution in [-0.2, 0) is 9.47 Å². The minimum absolute atomic E-state index is 0.265. The van der Waals surface area contributed by atoms with Crippen LogP contribution in [-0.4, -0.2) is 121 Å². The first-order valence-electron chi connectivity index (χ1n) is 7.80. The molecule has 0 aromatic rings. The monoisotopic (exact) mass is 366 g/mol. The van der Waals surface area contributed by atoms with E-state index in [9.17, 15) is 35.7 Å². The van der Waals surface area contributed by atoms with Gasteiger partial charge in [0.05, 0.1) is 12.6 Å². The fourth-order valence-electron chi connectivity index (χ4n) is 3.20. The molecule has 2 fully saturated rings. The number of rotatable bonds is 2. The summed E-state index contributed by atoms with van der Waals surface area (Å²) in [4.78, 5) is 3.96. The van der Waals surface area contributed by atoms with Gasteiger partial charge in [-0.2, -0.15) is 4.99 Å². The van der Waals surface area contributed by atoms with E-state index in [-0.39, 0.29) is 6.02 Å². The molecule has 1 saturated carbocycles. The molecule has 3 rings (SSSR count). The Hall–Kier alpha value is -1.09. The van der Waals surface area contributed by atoms with Crippen LogP contribution in [0.2, 0.25) is 0 Å². The predicted octanol–water partition coefficient (Wildman–Crippen LogP) is -6.04. The summed E-state index contributed by atoms with van der Waals surface area (Å²) in [7, 11) is 0. The van der Waals surface area contributed by atoms with Gasteiger partial charge in [0.25, 0.3) is 6.02 Å². The Morgan fingerprint density at radius 3 is 1.92 bits per heavy atom. The molecular weight excluding hydrogens is 344 g/mol. The van der Waals surface area contributed by atoms with Crippen molar-refractivity contribution in [2.75, 3.05) is 6.61 Å². The van der Waals surface area contributed by atoms with E-state index in [1.807, 2.05) is 0 Å². The summed E-state index contributed by atoms with van der Waals surface area (Å²) in [5, 5.41) is 80.4. The van der Waals surface area contributed by atoms with E-state index in [1.165, 1.54) is 0 Å². The molecule has 144 valence electrons. The molecule has 0 amide bonds. The summed E-state index contributed by atoms with van der Waals surface area (Å²) >= 11 is 0. The lowest BCUT2D eigenvalue weighted by molar-refractivity contribution is -0.214. The van der Waals surface area contributed by atoms with Gasteiger partial charge in [0.1, 0.15) is 48.8 Å². The van der Waals surface area contributed by atoms with E-state index in [0.717, 1.165) is 0 Å². The normalized spacial score (nSPS) is 53.0. The van der Waals surface area contributed by atoms with Crippen molar-refractivity contribution >= 4 is 6.02 Å². The van der Waals surface area contributed by atoms with Gasteiger partial charge in [-0.3, -0.25) is 0 Å². The first-order chi connectivity index (χ1) is 11.8. The second kappa shape index (κ2) is 6.90. The van der Waals surface area contributed by atoms with Crippen LogP contribution in [0.3, 0.4) is 0 Å². The van der Waals surface area contributed by atoms with Crippen LogP contribution < -0.4 is 5.32 Å². The van der Waals surface area contributed by atoms with E-state index in [1.54, 1.807) is 0 Å². The third-order valence-electron chi connectivity index (χ3n) is 4.76. The second-order valence-corrected chi connectivity index (χ2v) is 6.37. The third kappa shape index (κ3) is 3.09. The highest BCUT2D eigenvalue weighted by Crippen LogP contribution is 2.29. The van der Waals surface area contributed by atoms with Gasteiger partial charge < -0.3 is 55.6 Å². The SMILES string of the molecule is OC[C@H]1O[C@@H]2N=C(NC3[C@H](O)[C@H](O)C(O)[C@H](O)[C@H]3O)O[C@@H]2[C@@H](O)[C@@H]1O. The molecule has 12 heteroatoms. The van der Waals surface area contributed by atoms with E-state index in [2.05, 4.69) is 10.3 Å². The van der Waals surface area contributed by atoms with E-state index in [4.69, 9.17) is 14.6 Å². The maximum absolute atomic E-state index is 10.0. The van der Waals surface area contributed by atoms with Crippen LogP contribution in [0.5, 0.6) is 0 Å². The maximum Gasteiger partial charge on any atom is 0.288 e. The van der Waals surface area contributed by atoms with Crippen LogP contribution in [0.4, 0.5) is 0 Å². The van der Waals surface area contributed by atoms with Crippen molar-refractivity contribution in [3.05, 3.63) is 0 Å². The number of nitrogens with one attached hydrogen (secondary N) is 1. The van der Waals surface area contributed by atoms with Crippen molar-refractivity contribution < 1.29 is 50.3 Å². The molecule has 0 bridgehead atoms. The maximum atomic E-state index is 10.0. The van der Waals surface area contributed by atoms with E-state index in [0.29, 0.717) is 0 Å². The van der Waals surface area contributed by atoms with Crippen LogP contribution in [0.1, 0.15) is 0 Å². The lowest BCUT2D eigenvalue weighted by Crippen LogP contribution is -2.68. The molecule has 1 saturated heterocycles. The molecule has 25 heavy (non-hydrogen) atoms. The highest BCUT2D eigenvalue weighted by atomic mass is 16.6. The predicted molar refractivity (Wildman–Crippen MR) is 77.0 cm³/mol. The summed E-state index contributed by atoms with van der Waals surface area (Å²) in [6.07, 6.45) is -14.5. The standard InChI is InChI=1S/C13H22N2O10/c16-1-2-4(17)10(23)11-12(24-2)15-13(25-11)14-3-5(18)7(20)9(22)8(21)6(3)19/h2-12,16-23H,1H2,(H,14,15)/t2-,3?,4-,5+,6+,7-,8+,9?,10+,11-,12+/m1/s1. The molecule has 2 unspecified atom stereocenters. The first kappa shape index (κ1) is 18.7. The first-order valence-corrected chi connectivity index (χ1v) is 7.80. The minimum atomic E-state index is -1.73. The average Bonchev–Trinajstić information content (AvgIpc) is 3.01. The number of aliphatic hydroxyl groups excluding tert-OH is 8. The third-order valence-corrected chi connectivity index (χ3v) is 4.76. The topological polar surface area (TPSA) is 205 Å². The van der Waals surface area contributed by atoms with Gasteiger partial charge >= 0.3 is 0 Å². The van der Waals surface area contributed by atoms with Crippen molar-refractivity contribution in [3.63, 3.8) is 0 Å². The quantitative estimate of drug-likeness (QED) is 0.225. The van der Waals surface area contributed by atoms with Gasteiger partial charge in [-0.15, -0.1) is 0 Å². The number of hydrogen-bond donors (Lipinski definition) is 9. The average molecular weight is 366 g/mol. The number of fused-ring (bicyclic) bond motifs is 1. The number of amidine groups is 1. The molecule has 0 radical (unpaired) electrons. The van der Waals surface area contributed by atoms with Crippen LogP contribution in [0.25, 0.3) is 0 Å². The number of aliphatic imine (C=N–C) groups is 1. The summed E-state index contributed by atoms with van der Waals surface area (Å²) in [5.41, 5.74) is 0. The highest BCUT2D eigenvalue weighted by molar-refractivity contribution is 5.76. The zero-order chi connectivity index (χ0) is 18.5. The van der Waals surface area contributed by atoms with Gasteiger partial charge in [-0.25, -0.2) is 0 Å². The molecule has 0 aromatic carbocycles. The molecule has 12 nitrogen and oxygen atoms in total. The van der Waals surface area contributed by atoms with Gasteiger partial charge in [0.2, 0.25) is 0 Å². The van der Waals surface area contributed by atoms with Crippen molar-refractivity contribution in [3.8, 4) is 0 Å². The molecule has 9 N–H and O–H groups in total. The number of aliphatic hydroxyl groups is 8. The Kier molecular flexibility index (Phi) is 5.16. The second-order valence-electron chi connectivity index (χ2n) is 6.37. The molecule has 0 aromatic heterocycles. The minimum Gasteiger partial charge on any atom is -0.454 e. The fraction of sp³-hybridized carbons (Fsp3) is 0.923. The van der Waals surface area contributed by atoms with Gasteiger partial charge in [0.15, 0.2) is 12.3 Å². The Balaban J connectivity index is 1.72. The molecule has 1 aliphatic carbocycles. The molecule has 0 spiro atoms. The number of ether oxygens (including phenoxy) is 2. The van der Waals surface area contributed by atoms with Gasteiger partial charge in [-0.1, -0.05) is 0 Å². The Labute approximate surface area is 141 Å². The van der Waals surface area contributed by atoms with Crippen LogP contribution in [0, 0.1) is 0 Å². The van der Waals surface area contributed by atoms with Gasteiger partial charge in [-0.05, 0) is 0 Å². The summed E-state index contributed by atoms with van der Waals surface area (Å²) in [6.45, 7) is -0.546. The van der Waals surface area contributed by atoms with E-state index < -0.39 is 73.8 Å². The zero-order valence-electron chi connectivity index (χ0n) is 12.9. The van der Waals surface area contributed by atoms with Gasteiger partial charge in [0, 0.05) is 0 Å². The van der Waals surface area contributed by atoms with E-state index >= 15 is 0 Å². The molecule has 2 aliphatic heterocycles. The van der Waals surface area contributed by atoms with Crippen LogP contribution >= 0.6 is 0 Å². The van der Waals surface area contributed by atoms with Crippen molar-refractivity contribution in [2.24, 2.45) is 4.99 Å². The molecular formula is C13H22N2O10. The number of hydrogen-bond acceptors (Lipinski definition) is 12. The molecule has 11 atom stereocenters.